The number of aryl methyl sites for hydroxylation is 1. The average Bonchev–Trinajstić information content (AvgIpc) is 2.68. The van der Waals surface area contributed by atoms with Crippen LogP contribution in [-0.4, -0.2) is 33.9 Å². The van der Waals surface area contributed by atoms with Crippen LogP contribution in [0.4, 0.5) is 5.69 Å². The molecule has 28 heavy (non-hydrogen) atoms. The Balaban J connectivity index is 1.80. The van der Waals surface area contributed by atoms with Crippen LogP contribution in [-0.2, 0) is 30.8 Å². The molecular weight excluding hydrogens is 427 g/mol. The van der Waals surface area contributed by atoms with Gasteiger partial charge in [0.2, 0.25) is 10.0 Å². The van der Waals surface area contributed by atoms with E-state index >= 15 is 0 Å². The SMILES string of the molecule is CNS(=O)(=O)c1ccc(CCC(=O)OCC(=O)Nc2c(Cl)cccc2Cl)cc1. The maximum Gasteiger partial charge on any atom is 0.306 e. The van der Waals surface area contributed by atoms with Crippen LogP contribution in [0.1, 0.15) is 12.0 Å². The topological polar surface area (TPSA) is 102 Å². The number of hydrogen-bond acceptors (Lipinski definition) is 5. The molecule has 2 rings (SSSR count). The van der Waals surface area contributed by atoms with Gasteiger partial charge in [-0.3, -0.25) is 9.59 Å². The Morgan fingerprint density at radius 1 is 1.04 bits per heavy atom. The summed E-state index contributed by atoms with van der Waals surface area (Å²) in [7, 11) is -2.17. The fourth-order valence-corrected chi connectivity index (χ4v) is 3.43. The van der Waals surface area contributed by atoms with Crippen molar-refractivity contribution >= 4 is 50.8 Å². The molecule has 0 fully saturated rings. The summed E-state index contributed by atoms with van der Waals surface area (Å²) in [6.07, 6.45) is 0.384. The highest BCUT2D eigenvalue weighted by atomic mass is 35.5. The van der Waals surface area contributed by atoms with Gasteiger partial charge in [0.25, 0.3) is 5.91 Å². The number of halogens is 2. The van der Waals surface area contributed by atoms with E-state index in [1.165, 1.54) is 19.2 Å². The Hall–Kier alpha value is -2.13. The van der Waals surface area contributed by atoms with Gasteiger partial charge >= 0.3 is 5.97 Å². The summed E-state index contributed by atoms with van der Waals surface area (Å²) in [6, 6.07) is 10.9. The van der Waals surface area contributed by atoms with Gasteiger partial charge in [0, 0.05) is 6.42 Å². The van der Waals surface area contributed by atoms with E-state index in [1.54, 1.807) is 30.3 Å². The van der Waals surface area contributed by atoms with Crippen LogP contribution >= 0.6 is 23.2 Å². The number of nitrogens with one attached hydrogen (secondary N) is 2. The van der Waals surface area contributed by atoms with Crippen LogP contribution in [0, 0.1) is 0 Å². The summed E-state index contributed by atoms with van der Waals surface area (Å²) < 4.78 is 30.5. The van der Waals surface area contributed by atoms with E-state index in [9.17, 15) is 18.0 Å². The van der Waals surface area contributed by atoms with Crippen LogP contribution in [0.25, 0.3) is 0 Å². The molecule has 0 aromatic heterocycles. The first kappa shape index (κ1) is 22.2. The lowest BCUT2D eigenvalue weighted by Gasteiger charge is -2.09. The zero-order valence-corrected chi connectivity index (χ0v) is 17.2. The summed E-state index contributed by atoms with van der Waals surface area (Å²) in [5.74, 6) is -1.13. The number of anilines is 1. The van der Waals surface area contributed by atoms with E-state index in [0.29, 0.717) is 6.42 Å². The number of rotatable bonds is 8. The summed E-state index contributed by atoms with van der Waals surface area (Å²) in [4.78, 5) is 23.8. The lowest BCUT2D eigenvalue weighted by molar-refractivity contribution is -0.147. The molecule has 2 N–H and O–H groups in total. The molecule has 0 aliphatic carbocycles. The van der Waals surface area contributed by atoms with E-state index in [0.717, 1.165) is 5.56 Å². The fraction of sp³-hybridized carbons (Fsp3) is 0.222. The van der Waals surface area contributed by atoms with Gasteiger partial charge in [0.15, 0.2) is 6.61 Å². The highest BCUT2D eigenvalue weighted by molar-refractivity contribution is 7.89. The van der Waals surface area contributed by atoms with E-state index < -0.39 is 28.5 Å². The molecule has 0 aliphatic rings. The van der Waals surface area contributed by atoms with Crippen molar-refractivity contribution in [2.75, 3.05) is 19.0 Å². The molecule has 150 valence electrons. The molecular formula is C18H18Cl2N2O5S. The highest BCUT2D eigenvalue weighted by Crippen LogP contribution is 2.29. The van der Waals surface area contributed by atoms with E-state index in [2.05, 4.69) is 10.0 Å². The molecule has 0 saturated carbocycles. The summed E-state index contributed by atoms with van der Waals surface area (Å²) in [5.41, 5.74) is 1.02. The number of para-hydroxylation sites is 1. The molecule has 0 heterocycles. The van der Waals surface area contributed by atoms with Crippen molar-refractivity contribution in [3.05, 3.63) is 58.1 Å². The molecule has 1 amide bonds. The number of carbonyl (C=O) groups is 2. The number of esters is 1. The molecule has 0 bridgehead atoms. The number of sulfonamides is 1. The number of carbonyl (C=O) groups excluding carboxylic acids is 2. The monoisotopic (exact) mass is 444 g/mol. The molecule has 2 aromatic rings. The first-order valence-corrected chi connectivity index (χ1v) is 10.4. The first-order valence-electron chi connectivity index (χ1n) is 8.15. The number of amides is 1. The van der Waals surface area contributed by atoms with E-state index in [-0.39, 0.29) is 27.0 Å². The molecule has 0 unspecified atom stereocenters. The minimum absolute atomic E-state index is 0.0399. The Bertz CT molecular complexity index is 942. The Morgan fingerprint density at radius 2 is 1.64 bits per heavy atom. The smallest absolute Gasteiger partial charge is 0.306 e. The zero-order valence-electron chi connectivity index (χ0n) is 14.9. The summed E-state index contributed by atoms with van der Waals surface area (Å²) in [5, 5.41) is 3.04. The van der Waals surface area contributed by atoms with Gasteiger partial charge in [-0.25, -0.2) is 13.1 Å². The lowest BCUT2D eigenvalue weighted by Crippen LogP contribution is -2.21. The van der Waals surface area contributed by atoms with Crippen molar-refractivity contribution in [2.24, 2.45) is 0 Å². The van der Waals surface area contributed by atoms with Crippen LogP contribution < -0.4 is 10.0 Å². The van der Waals surface area contributed by atoms with E-state index in [1.807, 2.05) is 0 Å². The molecule has 10 heteroatoms. The summed E-state index contributed by atoms with van der Waals surface area (Å²) in [6.45, 7) is -0.472. The standard InChI is InChI=1S/C18H18Cl2N2O5S/c1-21-28(25,26)13-8-5-12(6-9-13)7-10-17(24)27-11-16(23)22-18-14(19)3-2-4-15(18)20/h2-6,8-9,21H,7,10-11H2,1H3,(H,22,23). The number of ether oxygens (including phenoxy) is 1. The third kappa shape index (κ3) is 6.20. The largest absolute Gasteiger partial charge is 0.456 e. The second-order valence-electron chi connectivity index (χ2n) is 5.66. The Kier molecular flexibility index (Phi) is 7.82. The molecule has 7 nitrogen and oxygen atoms in total. The number of hydrogen-bond donors (Lipinski definition) is 2. The third-order valence-electron chi connectivity index (χ3n) is 3.71. The average molecular weight is 445 g/mol. The predicted molar refractivity (Wildman–Crippen MR) is 107 cm³/mol. The van der Waals surface area contributed by atoms with Crippen molar-refractivity contribution < 1.29 is 22.7 Å². The minimum Gasteiger partial charge on any atom is -0.456 e. The zero-order chi connectivity index (χ0) is 20.7. The maximum absolute atomic E-state index is 11.9. The highest BCUT2D eigenvalue weighted by Gasteiger charge is 2.13. The molecule has 2 aromatic carbocycles. The van der Waals surface area contributed by atoms with Gasteiger partial charge < -0.3 is 10.1 Å². The van der Waals surface area contributed by atoms with Crippen molar-refractivity contribution in [2.45, 2.75) is 17.7 Å². The van der Waals surface area contributed by atoms with Crippen LogP contribution in [0.15, 0.2) is 47.4 Å². The van der Waals surface area contributed by atoms with Gasteiger partial charge in [-0.1, -0.05) is 41.4 Å². The molecule has 0 saturated heterocycles. The molecule has 0 aliphatic heterocycles. The van der Waals surface area contributed by atoms with Crippen molar-refractivity contribution in [1.82, 2.24) is 4.72 Å². The lowest BCUT2D eigenvalue weighted by atomic mass is 10.1. The van der Waals surface area contributed by atoms with Crippen LogP contribution in [0.2, 0.25) is 10.0 Å². The quantitative estimate of drug-likeness (QED) is 0.609. The Labute approximate surface area is 173 Å². The Morgan fingerprint density at radius 3 is 2.21 bits per heavy atom. The predicted octanol–water partition coefficient (Wildman–Crippen LogP) is 3.02. The minimum atomic E-state index is -3.50. The second-order valence-corrected chi connectivity index (χ2v) is 8.36. The third-order valence-corrected chi connectivity index (χ3v) is 5.77. The summed E-state index contributed by atoms with van der Waals surface area (Å²) >= 11 is 11.9. The van der Waals surface area contributed by atoms with Crippen molar-refractivity contribution in [3.8, 4) is 0 Å². The van der Waals surface area contributed by atoms with Gasteiger partial charge in [0.05, 0.1) is 20.6 Å². The van der Waals surface area contributed by atoms with Crippen LogP contribution in [0.3, 0.4) is 0 Å². The van der Waals surface area contributed by atoms with Gasteiger partial charge in [-0.15, -0.1) is 0 Å². The number of benzene rings is 2. The fourth-order valence-electron chi connectivity index (χ4n) is 2.21. The van der Waals surface area contributed by atoms with Gasteiger partial charge in [0.1, 0.15) is 0 Å². The maximum atomic E-state index is 11.9. The first-order chi connectivity index (χ1) is 13.2. The van der Waals surface area contributed by atoms with Crippen LogP contribution in [0.5, 0.6) is 0 Å². The second kappa shape index (κ2) is 9.88. The molecule has 0 atom stereocenters. The van der Waals surface area contributed by atoms with E-state index in [4.69, 9.17) is 27.9 Å². The van der Waals surface area contributed by atoms with Gasteiger partial charge in [-0.05, 0) is 43.3 Å². The van der Waals surface area contributed by atoms with Gasteiger partial charge in [-0.2, -0.15) is 0 Å². The molecule has 0 radical (unpaired) electrons. The van der Waals surface area contributed by atoms with Crippen molar-refractivity contribution in [1.29, 1.82) is 0 Å². The normalized spacial score (nSPS) is 11.1. The molecule has 0 spiro atoms. The van der Waals surface area contributed by atoms with Crippen molar-refractivity contribution in [3.63, 3.8) is 0 Å².